The first-order valence-electron chi connectivity index (χ1n) is 7.55. The van der Waals surface area contributed by atoms with Crippen molar-refractivity contribution in [3.05, 3.63) is 35.4 Å². The summed E-state index contributed by atoms with van der Waals surface area (Å²) in [7, 11) is 5.21. The molecule has 0 aliphatic heterocycles. The number of hydrogen-bond donors (Lipinski definition) is 3. The fraction of sp³-hybridized carbons (Fsp3) is 0.188. The van der Waals surface area contributed by atoms with Gasteiger partial charge >= 0.3 is 0 Å². The van der Waals surface area contributed by atoms with Crippen molar-refractivity contribution < 1.29 is 13.6 Å². The fourth-order valence-corrected chi connectivity index (χ4v) is 2.67. The molecule has 3 aromatic rings. The second-order valence-electron chi connectivity index (χ2n) is 5.94. The van der Waals surface area contributed by atoms with Gasteiger partial charge in [0, 0.05) is 32.2 Å². The highest BCUT2D eigenvalue weighted by Crippen LogP contribution is 2.31. The van der Waals surface area contributed by atoms with Crippen LogP contribution >= 0.6 is 0 Å². The number of carbonyl (C=O) groups excluding carboxylic acids is 1. The molecule has 0 aliphatic rings. The smallest absolute Gasteiger partial charge is 0.252 e. The number of nitrogens with two attached hydrogens (primary N) is 2. The molecule has 8 nitrogen and oxygen atoms in total. The van der Waals surface area contributed by atoms with Gasteiger partial charge in [-0.3, -0.25) is 9.48 Å². The number of hydrogen-bond acceptors (Lipinski definition) is 6. The molecule has 5 N–H and O–H groups in total. The van der Waals surface area contributed by atoms with E-state index in [9.17, 15) is 13.6 Å². The number of aromatic nitrogens is 3. The summed E-state index contributed by atoms with van der Waals surface area (Å²) in [6.07, 6.45) is 0. The first kappa shape index (κ1) is 17.4. The third-order valence-corrected chi connectivity index (χ3v) is 3.83. The first-order chi connectivity index (χ1) is 12.2. The molecule has 0 spiro atoms. The van der Waals surface area contributed by atoms with Crippen molar-refractivity contribution in [1.29, 1.82) is 0 Å². The van der Waals surface area contributed by atoms with Crippen LogP contribution in [0, 0.1) is 11.6 Å². The SMILES string of the molecule is CN(C)c1nn(C)c2c(F)cc(Nc3nc(N)c(F)cc3C(N)=O)cc12. The Kier molecular flexibility index (Phi) is 4.10. The van der Waals surface area contributed by atoms with Crippen LogP contribution in [0.1, 0.15) is 10.4 Å². The molecule has 10 heteroatoms. The summed E-state index contributed by atoms with van der Waals surface area (Å²) in [6, 6.07) is 3.75. The van der Waals surface area contributed by atoms with E-state index in [1.807, 2.05) is 0 Å². The Morgan fingerprint density at radius 2 is 1.92 bits per heavy atom. The molecule has 0 atom stereocenters. The second kappa shape index (κ2) is 6.14. The van der Waals surface area contributed by atoms with Gasteiger partial charge in [0.2, 0.25) is 0 Å². The maximum absolute atomic E-state index is 14.6. The normalized spacial score (nSPS) is 11.0. The fourth-order valence-electron chi connectivity index (χ4n) is 2.67. The Morgan fingerprint density at radius 3 is 2.54 bits per heavy atom. The first-order valence-corrected chi connectivity index (χ1v) is 7.55. The molecule has 0 bridgehead atoms. The van der Waals surface area contributed by atoms with E-state index in [0.717, 1.165) is 6.07 Å². The van der Waals surface area contributed by atoms with Crippen LogP contribution in [-0.4, -0.2) is 34.8 Å². The van der Waals surface area contributed by atoms with Crippen molar-refractivity contribution in [1.82, 2.24) is 14.8 Å². The van der Waals surface area contributed by atoms with Gasteiger partial charge in [-0.05, 0) is 18.2 Å². The zero-order valence-electron chi connectivity index (χ0n) is 14.3. The van der Waals surface area contributed by atoms with Crippen molar-refractivity contribution in [3.8, 4) is 0 Å². The average molecular weight is 361 g/mol. The molecule has 3 rings (SSSR count). The third-order valence-electron chi connectivity index (χ3n) is 3.83. The standard InChI is InChI=1S/C16H17F2N7O/c1-24(2)16-8-4-7(5-10(17)12(8)25(3)23-16)21-15-9(14(20)26)6-11(18)13(19)22-15/h4-6H,1-3H3,(H2,20,26)(H3,19,21,22). The summed E-state index contributed by atoms with van der Waals surface area (Å²) < 4.78 is 29.6. The summed E-state index contributed by atoms with van der Waals surface area (Å²) in [4.78, 5) is 17.1. The number of halogens is 2. The van der Waals surface area contributed by atoms with Crippen LogP contribution in [0.2, 0.25) is 0 Å². The molecule has 0 aliphatic carbocycles. The Balaban J connectivity index is 2.15. The molecular formula is C16H17F2N7O. The number of amides is 1. The molecule has 2 aromatic heterocycles. The maximum atomic E-state index is 14.6. The van der Waals surface area contributed by atoms with E-state index in [-0.39, 0.29) is 17.1 Å². The minimum atomic E-state index is -0.893. The topological polar surface area (TPSA) is 115 Å². The van der Waals surface area contributed by atoms with Gasteiger partial charge in [-0.1, -0.05) is 0 Å². The molecule has 1 aromatic carbocycles. The predicted octanol–water partition coefficient (Wildman–Crippen LogP) is 1.74. The zero-order chi connectivity index (χ0) is 19.2. The number of aryl methyl sites for hydroxylation is 1. The highest BCUT2D eigenvalue weighted by molar-refractivity contribution is 5.99. The minimum absolute atomic E-state index is 0.0644. The lowest BCUT2D eigenvalue weighted by Crippen LogP contribution is -2.16. The van der Waals surface area contributed by atoms with Gasteiger partial charge in [0.05, 0.1) is 5.56 Å². The molecular weight excluding hydrogens is 344 g/mol. The Labute approximate surface area is 147 Å². The van der Waals surface area contributed by atoms with Gasteiger partial charge < -0.3 is 21.7 Å². The van der Waals surface area contributed by atoms with Crippen LogP contribution in [0.5, 0.6) is 0 Å². The highest BCUT2D eigenvalue weighted by atomic mass is 19.1. The van der Waals surface area contributed by atoms with Gasteiger partial charge in [0.15, 0.2) is 23.3 Å². The summed E-state index contributed by atoms with van der Waals surface area (Å²) >= 11 is 0. The van der Waals surface area contributed by atoms with Crippen LogP contribution in [0.3, 0.4) is 0 Å². The van der Waals surface area contributed by atoms with E-state index >= 15 is 0 Å². The lowest BCUT2D eigenvalue weighted by molar-refractivity contribution is 0.100. The number of anilines is 4. The number of nitrogens with zero attached hydrogens (tertiary/aromatic N) is 4. The molecule has 0 saturated heterocycles. The summed E-state index contributed by atoms with van der Waals surface area (Å²) in [5.41, 5.74) is 11.1. The number of carbonyl (C=O) groups is 1. The molecule has 26 heavy (non-hydrogen) atoms. The van der Waals surface area contributed by atoms with Gasteiger partial charge in [-0.15, -0.1) is 0 Å². The lowest BCUT2D eigenvalue weighted by Gasteiger charge is -2.12. The molecule has 136 valence electrons. The number of rotatable bonds is 4. The Hall–Kier alpha value is -3.43. The Morgan fingerprint density at radius 1 is 1.23 bits per heavy atom. The van der Waals surface area contributed by atoms with Crippen LogP contribution in [0.4, 0.5) is 31.9 Å². The van der Waals surface area contributed by atoms with Crippen LogP contribution in [0.15, 0.2) is 18.2 Å². The summed E-state index contributed by atoms with van der Waals surface area (Å²) in [6.45, 7) is 0. The maximum Gasteiger partial charge on any atom is 0.252 e. The quantitative estimate of drug-likeness (QED) is 0.652. The molecule has 0 unspecified atom stereocenters. The molecule has 0 radical (unpaired) electrons. The van der Waals surface area contributed by atoms with E-state index in [0.29, 0.717) is 16.7 Å². The minimum Gasteiger partial charge on any atom is -0.381 e. The van der Waals surface area contributed by atoms with E-state index < -0.39 is 23.4 Å². The summed E-state index contributed by atoms with van der Waals surface area (Å²) in [5.74, 6) is -2.20. The van der Waals surface area contributed by atoms with Crippen molar-refractivity contribution in [3.63, 3.8) is 0 Å². The number of pyridine rings is 1. The van der Waals surface area contributed by atoms with Gasteiger partial charge in [0.25, 0.3) is 5.91 Å². The number of benzene rings is 1. The second-order valence-corrected chi connectivity index (χ2v) is 5.94. The average Bonchev–Trinajstić information content (AvgIpc) is 2.88. The van der Waals surface area contributed by atoms with Gasteiger partial charge in [-0.25, -0.2) is 13.8 Å². The molecule has 0 fully saturated rings. The van der Waals surface area contributed by atoms with Crippen molar-refractivity contribution >= 4 is 40.0 Å². The van der Waals surface area contributed by atoms with E-state index in [2.05, 4.69) is 15.4 Å². The Bertz CT molecular complexity index is 1030. The van der Waals surface area contributed by atoms with Crippen LogP contribution < -0.4 is 21.7 Å². The third kappa shape index (κ3) is 2.85. The zero-order valence-corrected chi connectivity index (χ0v) is 14.3. The summed E-state index contributed by atoms with van der Waals surface area (Å²) in [5, 5.41) is 7.61. The van der Waals surface area contributed by atoms with Gasteiger partial charge in [0.1, 0.15) is 11.3 Å². The van der Waals surface area contributed by atoms with Crippen LogP contribution in [0.25, 0.3) is 10.9 Å². The number of primary amides is 1. The monoisotopic (exact) mass is 361 g/mol. The highest BCUT2D eigenvalue weighted by Gasteiger charge is 2.18. The van der Waals surface area contributed by atoms with Crippen LogP contribution in [-0.2, 0) is 7.05 Å². The van der Waals surface area contributed by atoms with E-state index in [1.165, 1.54) is 10.7 Å². The lowest BCUT2D eigenvalue weighted by atomic mass is 10.2. The van der Waals surface area contributed by atoms with Crippen molar-refractivity contribution in [2.24, 2.45) is 12.8 Å². The van der Waals surface area contributed by atoms with E-state index in [1.54, 1.807) is 32.1 Å². The number of nitrogens with one attached hydrogen (secondary N) is 1. The predicted molar refractivity (Wildman–Crippen MR) is 95.4 cm³/mol. The molecule has 1 amide bonds. The number of fused-ring (bicyclic) bond motifs is 1. The van der Waals surface area contributed by atoms with E-state index in [4.69, 9.17) is 11.5 Å². The largest absolute Gasteiger partial charge is 0.381 e. The molecule has 2 heterocycles. The molecule has 0 saturated carbocycles. The van der Waals surface area contributed by atoms with Crippen molar-refractivity contribution in [2.45, 2.75) is 0 Å². The van der Waals surface area contributed by atoms with Gasteiger partial charge in [-0.2, -0.15) is 5.10 Å². The van der Waals surface area contributed by atoms with Crippen molar-refractivity contribution in [2.75, 3.05) is 30.0 Å². The number of nitrogen functional groups attached to an aromatic ring is 1.